The van der Waals surface area contributed by atoms with Crippen molar-refractivity contribution in [2.24, 2.45) is 0 Å². The molecule has 0 aliphatic rings. The second kappa shape index (κ2) is 7.58. The number of nitrogens with zero attached hydrogens (tertiary/aromatic N) is 2. The lowest BCUT2D eigenvalue weighted by atomic mass is 9.85. The monoisotopic (exact) mass is 365 g/mol. The largest absolute Gasteiger partial charge is 0.378 e. The topological polar surface area (TPSA) is 46.4 Å². The molecule has 3 aromatic carbocycles. The summed E-state index contributed by atoms with van der Waals surface area (Å²) < 4.78 is 0. The van der Waals surface area contributed by atoms with E-state index in [1.165, 1.54) is 12.1 Å². The lowest BCUT2D eigenvalue weighted by Gasteiger charge is -2.20. The van der Waals surface area contributed by atoms with Crippen LogP contribution in [0.2, 0.25) is 5.02 Å². The highest BCUT2D eigenvalue weighted by molar-refractivity contribution is 6.31. The van der Waals surface area contributed by atoms with Gasteiger partial charge in [-0.2, -0.15) is 0 Å². The fourth-order valence-corrected chi connectivity index (χ4v) is 3.04. The Hall–Kier alpha value is -2.85. The summed E-state index contributed by atoms with van der Waals surface area (Å²) in [6.07, 6.45) is 0. The van der Waals surface area contributed by atoms with E-state index in [1.54, 1.807) is 6.07 Å². The molecule has 0 spiro atoms. The summed E-state index contributed by atoms with van der Waals surface area (Å²) in [5, 5.41) is 11.7. The molecule has 4 nitrogen and oxygen atoms in total. The molecule has 131 valence electrons. The molecule has 3 aromatic rings. The fourth-order valence-electron chi connectivity index (χ4n) is 2.83. The van der Waals surface area contributed by atoms with Gasteiger partial charge in [-0.05, 0) is 34.9 Å². The molecule has 0 aliphatic heterocycles. The predicted molar refractivity (Wildman–Crippen MR) is 106 cm³/mol. The van der Waals surface area contributed by atoms with E-state index in [0.717, 1.165) is 22.7 Å². The van der Waals surface area contributed by atoms with Crippen molar-refractivity contribution >= 4 is 23.0 Å². The molecule has 0 aromatic heterocycles. The van der Waals surface area contributed by atoms with Crippen molar-refractivity contribution in [3.63, 3.8) is 0 Å². The Labute approximate surface area is 157 Å². The van der Waals surface area contributed by atoms with Gasteiger partial charge >= 0.3 is 0 Å². The van der Waals surface area contributed by atoms with E-state index in [0.29, 0.717) is 10.6 Å². The van der Waals surface area contributed by atoms with Gasteiger partial charge in [0.05, 0.1) is 10.8 Å². The quantitative estimate of drug-likeness (QED) is 0.348. The highest BCUT2D eigenvalue weighted by Gasteiger charge is 2.23. The van der Waals surface area contributed by atoms with Crippen LogP contribution in [-0.4, -0.2) is 19.0 Å². The normalized spacial score (nSPS) is 10.8. The first-order valence-corrected chi connectivity index (χ1v) is 8.49. The van der Waals surface area contributed by atoms with Crippen LogP contribution in [0.1, 0.15) is 16.7 Å². The highest BCUT2D eigenvalue weighted by Crippen LogP contribution is 2.37. The van der Waals surface area contributed by atoms with Gasteiger partial charge in [0.1, 0.15) is 0 Å². The van der Waals surface area contributed by atoms with Crippen LogP contribution in [0.15, 0.2) is 72.8 Å². The van der Waals surface area contributed by atoms with Crippen molar-refractivity contribution in [3.8, 4) is 0 Å². The Morgan fingerprint density at radius 2 is 1.54 bits per heavy atom. The van der Waals surface area contributed by atoms with Crippen LogP contribution in [0.5, 0.6) is 0 Å². The van der Waals surface area contributed by atoms with Crippen LogP contribution in [0.25, 0.3) is 0 Å². The van der Waals surface area contributed by atoms with Crippen LogP contribution in [0.3, 0.4) is 0 Å². The Morgan fingerprint density at radius 3 is 2.12 bits per heavy atom. The van der Waals surface area contributed by atoms with Gasteiger partial charge in [-0.3, -0.25) is 10.1 Å². The van der Waals surface area contributed by atoms with Crippen LogP contribution >= 0.6 is 11.6 Å². The van der Waals surface area contributed by atoms with Crippen LogP contribution in [-0.2, 0) is 0 Å². The SMILES string of the molecule is CN(C)c1ccc([C](c2ccccc2)c2cc([N+](=O)[O-])ccc2Cl)cc1. The number of hydrogen-bond acceptors (Lipinski definition) is 3. The van der Waals surface area contributed by atoms with Gasteiger partial charge in [0.2, 0.25) is 0 Å². The Kier molecular flexibility index (Phi) is 5.24. The number of benzene rings is 3. The molecule has 0 bridgehead atoms. The summed E-state index contributed by atoms with van der Waals surface area (Å²) in [5.74, 6) is 0.865. The lowest BCUT2D eigenvalue weighted by Crippen LogP contribution is -2.10. The van der Waals surface area contributed by atoms with Gasteiger partial charge in [-0.25, -0.2) is 0 Å². The lowest BCUT2D eigenvalue weighted by molar-refractivity contribution is -0.384. The summed E-state index contributed by atoms with van der Waals surface area (Å²) in [7, 11) is 3.96. The first-order valence-electron chi connectivity index (χ1n) is 8.12. The fraction of sp³-hybridized carbons (Fsp3) is 0.0952. The van der Waals surface area contributed by atoms with Gasteiger partial charge in [0.25, 0.3) is 5.69 Å². The minimum Gasteiger partial charge on any atom is -0.378 e. The average Bonchev–Trinajstić information content (AvgIpc) is 2.64. The first kappa shape index (κ1) is 18.0. The van der Waals surface area contributed by atoms with E-state index in [1.807, 2.05) is 73.6 Å². The third-order valence-electron chi connectivity index (χ3n) is 4.16. The van der Waals surface area contributed by atoms with Gasteiger partial charge < -0.3 is 4.90 Å². The zero-order valence-electron chi connectivity index (χ0n) is 14.5. The Bertz CT molecular complexity index is 909. The second-order valence-electron chi connectivity index (χ2n) is 6.10. The zero-order valence-corrected chi connectivity index (χ0v) is 15.3. The first-order chi connectivity index (χ1) is 12.5. The molecule has 0 atom stereocenters. The summed E-state index contributed by atoms with van der Waals surface area (Å²) in [5.41, 5.74) is 3.63. The molecule has 0 saturated carbocycles. The van der Waals surface area contributed by atoms with E-state index in [-0.39, 0.29) is 5.69 Å². The van der Waals surface area contributed by atoms with E-state index < -0.39 is 4.92 Å². The molecule has 1 radical (unpaired) electrons. The minimum absolute atomic E-state index is 0.0164. The molecule has 0 unspecified atom stereocenters. The molecule has 0 aliphatic carbocycles. The third-order valence-corrected chi connectivity index (χ3v) is 4.49. The highest BCUT2D eigenvalue weighted by atomic mass is 35.5. The Morgan fingerprint density at radius 1 is 0.923 bits per heavy atom. The van der Waals surface area contributed by atoms with Crippen molar-refractivity contribution in [2.75, 3.05) is 19.0 Å². The number of nitro groups is 1. The van der Waals surface area contributed by atoms with E-state index in [4.69, 9.17) is 11.6 Å². The maximum absolute atomic E-state index is 11.2. The van der Waals surface area contributed by atoms with Crippen molar-refractivity contribution in [2.45, 2.75) is 0 Å². The van der Waals surface area contributed by atoms with Crippen LogP contribution in [0, 0.1) is 16.0 Å². The molecular weight excluding hydrogens is 348 g/mol. The summed E-state index contributed by atoms with van der Waals surface area (Å²) >= 11 is 6.43. The van der Waals surface area contributed by atoms with Crippen LogP contribution < -0.4 is 4.90 Å². The molecule has 0 saturated heterocycles. The molecular formula is C21H18ClN2O2. The number of non-ortho nitro benzene ring substituents is 1. The molecule has 5 heteroatoms. The smallest absolute Gasteiger partial charge is 0.269 e. The number of halogens is 1. The maximum atomic E-state index is 11.2. The predicted octanol–water partition coefficient (Wildman–Crippen LogP) is 5.33. The standard InChI is InChI=1S/C21H18ClN2O2/c1-23(2)17-10-8-16(9-11-17)21(15-6-4-3-5-7-15)19-14-18(24(25)26)12-13-20(19)22/h3-14H,1-2H3. The zero-order chi connectivity index (χ0) is 18.7. The number of anilines is 1. The number of rotatable bonds is 5. The van der Waals surface area contributed by atoms with E-state index in [9.17, 15) is 10.1 Å². The Balaban J connectivity index is 2.16. The van der Waals surface area contributed by atoms with Crippen LogP contribution in [0.4, 0.5) is 11.4 Å². The molecule has 0 fully saturated rings. The third kappa shape index (κ3) is 3.70. The van der Waals surface area contributed by atoms with Gasteiger partial charge in [-0.15, -0.1) is 0 Å². The molecule has 0 N–H and O–H groups in total. The van der Waals surface area contributed by atoms with E-state index in [2.05, 4.69) is 0 Å². The van der Waals surface area contributed by atoms with E-state index >= 15 is 0 Å². The van der Waals surface area contributed by atoms with Crippen molar-refractivity contribution in [1.82, 2.24) is 0 Å². The molecule has 26 heavy (non-hydrogen) atoms. The number of hydrogen-bond donors (Lipinski definition) is 0. The van der Waals surface area contributed by atoms with Crippen molar-refractivity contribution < 1.29 is 4.92 Å². The second-order valence-corrected chi connectivity index (χ2v) is 6.51. The average molecular weight is 366 g/mol. The van der Waals surface area contributed by atoms with Gasteiger partial charge in [0.15, 0.2) is 0 Å². The molecule has 0 heterocycles. The number of nitro benzene ring substituents is 1. The molecule has 0 amide bonds. The maximum Gasteiger partial charge on any atom is 0.269 e. The summed E-state index contributed by atoms with van der Waals surface area (Å²) in [6, 6.07) is 22.3. The van der Waals surface area contributed by atoms with Crippen molar-refractivity contribution in [1.29, 1.82) is 0 Å². The molecule has 3 rings (SSSR count). The van der Waals surface area contributed by atoms with Gasteiger partial charge in [-0.1, -0.05) is 54.1 Å². The van der Waals surface area contributed by atoms with Crippen molar-refractivity contribution in [3.05, 3.63) is 111 Å². The summed E-state index contributed by atoms with van der Waals surface area (Å²) in [6.45, 7) is 0. The summed E-state index contributed by atoms with van der Waals surface area (Å²) in [4.78, 5) is 12.8. The minimum atomic E-state index is -0.405. The van der Waals surface area contributed by atoms with Gasteiger partial charge in [0, 0.05) is 36.9 Å².